The van der Waals surface area contributed by atoms with Crippen LogP contribution in [-0.4, -0.2) is 35.2 Å². The van der Waals surface area contributed by atoms with Gasteiger partial charge in [-0.05, 0) is 56.1 Å². The summed E-state index contributed by atoms with van der Waals surface area (Å²) in [6.07, 6.45) is 7.29. The van der Waals surface area contributed by atoms with Crippen LogP contribution in [0.1, 0.15) is 50.1 Å². The highest BCUT2D eigenvalue weighted by Crippen LogP contribution is 2.53. The number of ether oxygens (including phenoxy) is 1. The lowest BCUT2D eigenvalue weighted by molar-refractivity contribution is 0.106. The Morgan fingerprint density at radius 1 is 1.17 bits per heavy atom. The van der Waals surface area contributed by atoms with E-state index in [1.807, 2.05) is 6.07 Å². The summed E-state index contributed by atoms with van der Waals surface area (Å²) in [4.78, 5) is 29.8. The summed E-state index contributed by atoms with van der Waals surface area (Å²) in [5, 5.41) is 2.56. The molecule has 2 aliphatic carbocycles. The number of hydrogen-bond donors (Lipinski definition) is 1. The van der Waals surface area contributed by atoms with Crippen molar-refractivity contribution in [1.29, 1.82) is 0 Å². The lowest BCUT2D eigenvalue weighted by Crippen LogP contribution is -2.40. The van der Waals surface area contributed by atoms with Crippen molar-refractivity contribution in [3.63, 3.8) is 0 Å². The van der Waals surface area contributed by atoms with Crippen LogP contribution in [0, 0.1) is 5.41 Å². The Morgan fingerprint density at radius 3 is 2.48 bits per heavy atom. The number of hydrogen-bond acceptors (Lipinski definition) is 4. The predicted molar refractivity (Wildman–Crippen MR) is 84.2 cm³/mol. The molecule has 2 heterocycles. The van der Waals surface area contributed by atoms with E-state index in [0.29, 0.717) is 30.1 Å². The standard InChI is InChI=1S/C17H21N3O3/c21-15(19-13-3-4-14(18-11-13)12-1-2-12)23-16(22)20-9-7-17(5-6-17)8-10-20/h3-4,11-12H,1-2,5-10H2,(H,19,21). The second-order valence-corrected chi connectivity index (χ2v) is 7.01. The van der Waals surface area contributed by atoms with Gasteiger partial charge in [-0.25, -0.2) is 9.59 Å². The first kappa shape index (κ1) is 14.5. The molecule has 122 valence electrons. The molecule has 0 atom stereocenters. The van der Waals surface area contributed by atoms with Gasteiger partial charge < -0.3 is 9.64 Å². The minimum Gasteiger partial charge on any atom is -0.359 e. The molecule has 1 spiro atoms. The maximum atomic E-state index is 12.0. The Bertz CT molecular complexity index is 610. The quantitative estimate of drug-likeness (QED) is 0.848. The smallest absolute Gasteiger partial charge is 0.359 e. The summed E-state index contributed by atoms with van der Waals surface area (Å²) in [7, 11) is 0. The van der Waals surface area contributed by atoms with Crippen LogP contribution >= 0.6 is 0 Å². The zero-order valence-electron chi connectivity index (χ0n) is 13.1. The summed E-state index contributed by atoms with van der Waals surface area (Å²) in [5.74, 6) is 0.575. The van der Waals surface area contributed by atoms with E-state index < -0.39 is 12.2 Å². The highest BCUT2D eigenvalue weighted by atomic mass is 16.6. The summed E-state index contributed by atoms with van der Waals surface area (Å²) < 4.78 is 4.88. The fraction of sp³-hybridized carbons (Fsp3) is 0.588. The van der Waals surface area contributed by atoms with Crippen molar-refractivity contribution in [1.82, 2.24) is 9.88 Å². The number of nitrogens with one attached hydrogen (secondary N) is 1. The van der Waals surface area contributed by atoms with E-state index in [0.717, 1.165) is 18.5 Å². The van der Waals surface area contributed by atoms with Crippen molar-refractivity contribution in [2.24, 2.45) is 5.41 Å². The third-order valence-electron chi connectivity index (χ3n) is 5.25. The number of nitrogens with zero attached hydrogens (tertiary/aromatic N) is 2. The maximum absolute atomic E-state index is 12.0. The van der Waals surface area contributed by atoms with E-state index in [-0.39, 0.29) is 0 Å². The highest BCUT2D eigenvalue weighted by molar-refractivity contribution is 5.92. The Hall–Kier alpha value is -2.11. The van der Waals surface area contributed by atoms with Crippen molar-refractivity contribution in [3.8, 4) is 0 Å². The van der Waals surface area contributed by atoms with Crippen molar-refractivity contribution >= 4 is 17.9 Å². The molecule has 6 heteroatoms. The molecule has 0 bridgehead atoms. The topological polar surface area (TPSA) is 71.5 Å². The largest absolute Gasteiger partial charge is 0.420 e. The second-order valence-electron chi connectivity index (χ2n) is 7.01. The molecule has 1 aromatic heterocycles. The van der Waals surface area contributed by atoms with E-state index in [1.165, 1.54) is 25.7 Å². The third kappa shape index (κ3) is 3.30. The maximum Gasteiger partial charge on any atom is 0.420 e. The van der Waals surface area contributed by atoms with Crippen molar-refractivity contribution in [2.75, 3.05) is 18.4 Å². The molecule has 23 heavy (non-hydrogen) atoms. The monoisotopic (exact) mass is 315 g/mol. The normalized spacial score (nSPS) is 21.8. The van der Waals surface area contributed by atoms with Gasteiger partial charge in [0.05, 0.1) is 11.9 Å². The number of carbonyl (C=O) groups excluding carboxylic acids is 2. The summed E-state index contributed by atoms with van der Waals surface area (Å²) >= 11 is 0. The molecule has 6 nitrogen and oxygen atoms in total. The lowest BCUT2D eigenvalue weighted by atomic mass is 9.94. The fourth-order valence-electron chi connectivity index (χ4n) is 3.23. The molecule has 0 unspecified atom stereocenters. The van der Waals surface area contributed by atoms with E-state index >= 15 is 0 Å². The van der Waals surface area contributed by atoms with Crippen LogP contribution < -0.4 is 5.32 Å². The summed E-state index contributed by atoms with van der Waals surface area (Å²) in [6, 6.07) is 3.71. The fourth-order valence-corrected chi connectivity index (χ4v) is 3.23. The van der Waals surface area contributed by atoms with Crippen molar-refractivity contribution < 1.29 is 14.3 Å². The number of piperidine rings is 1. The van der Waals surface area contributed by atoms with Crippen LogP contribution in [0.15, 0.2) is 18.3 Å². The molecule has 3 aliphatic rings. The minimum atomic E-state index is -0.748. The number of rotatable bonds is 2. The first-order chi connectivity index (χ1) is 11.1. The second kappa shape index (κ2) is 5.51. The molecule has 2 saturated carbocycles. The van der Waals surface area contributed by atoms with Gasteiger partial charge in [-0.1, -0.05) is 0 Å². The van der Waals surface area contributed by atoms with Gasteiger partial charge in [-0.15, -0.1) is 0 Å². The van der Waals surface area contributed by atoms with E-state index in [2.05, 4.69) is 10.3 Å². The SMILES string of the molecule is O=C(Nc1ccc(C2CC2)nc1)OC(=O)N1CCC2(CC1)CC2. The van der Waals surface area contributed by atoms with Crippen LogP contribution in [0.25, 0.3) is 0 Å². The predicted octanol–water partition coefficient (Wildman–Crippen LogP) is 3.50. The molecular formula is C17H21N3O3. The number of likely N-dealkylation sites (tertiary alicyclic amines) is 1. The molecule has 1 N–H and O–H groups in total. The van der Waals surface area contributed by atoms with E-state index in [1.54, 1.807) is 17.2 Å². The first-order valence-electron chi connectivity index (χ1n) is 8.37. The highest BCUT2D eigenvalue weighted by Gasteiger charge is 2.45. The van der Waals surface area contributed by atoms with Gasteiger partial charge in [0, 0.05) is 24.7 Å². The van der Waals surface area contributed by atoms with Gasteiger partial charge >= 0.3 is 12.2 Å². The number of pyridine rings is 1. The number of aromatic nitrogens is 1. The molecule has 1 aliphatic heterocycles. The molecule has 3 fully saturated rings. The van der Waals surface area contributed by atoms with E-state index in [9.17, 15) is 9.59 Å². The average molecular weight is 315 g/mol. The molecule has 0 radical (unpaired) electrons. The molecule has 0 aromatic carbocycles. The minimum absolute atomic E-state index is 0.494. The van der Waals surface area contributed by atoms with Crippen LogP contribution in [0.3, 0.4) is 0 Å². The number of amides is 2. The van der Waals surface area contributed by atoms with Gasteiger partial charge in [0.2, 0.25) is 0 Å². The summed E-state index contributed by atoms with van der Waals surface area (Å²) in [5.41, 5.74) is 2.10. The number of carbonyl (C=O) groups is 2. The zero-order chi connectivity index (χ0) is 15.9. The van der Waals surface area contributed by atoms with Crippen LogP contribution in [-0.2, 0) is 4.74 Å². The van der Waals surface area contributed by atoms with Gasteiger partial charge in [0.15, 0.2) is 0 Å². The molecule has 1 saturated heterocycles. The Balaban J connectivity index is 1.26. The Morgan fingerprint density at radius 2 is 1.91 bits per heavy atom. The molecule has 4 rings (SSSR count). The first-order valence-corrected chi connectivity index (χ1v) is 8.37. The van der Waals surface area contributed by atoms with Gasteiger partial charge in [-0.3, -0.25) is 10.3 Å². The average Bonchev–Trinajstić information content (AvgIpc) is 3.45. The number of anilines is 1. The molecule has 2 amide bonds. The van der Waals surface area contributed by atoms with Crippen molar-refractivity contribution in [3.05, 3.63) is 24.0 Å². The molecular weight excluding hydrogens is 294 g/mol. The van der Waals surface area contributed by atoms with Crippen LogP contribution in [0.2, 0.25) is 0 Å². The van der Waals surface area contributed by atoms with Gasteiger partial charge in [0.25, 0.3) is 0 Å². The molecule has 1 aromatic rings. The van der Waals surface area contributed by atoms with E-state index in [4.69, 9.17) is 4.74 Å². The lowest BCUT2D eigenvalue weighted by Gasteiger charge is -2.30. The van der Waals surface area contributed by atoms with Gasteiger partial charge in [0.1, 0.15) is 0 Å². The third-order valence-corrected chi connectivity index (χ3v) is 5.25. The summed E-state index contributed by atoms with van der Waals surface area (Å²) in [6.45, 7) is 1.37. The Kier molecular flexibility index (Phi) is 3.47. The van der Waals surface area contributed by atoms with Crippen molar-refractivity contribution in [2.45, 2.75) is 44.4 Å². The zero-order valence-corrected chi connectivity index (χ0v) is 13.1. The Labute approximate surface area is 135 Å². The van der Waals surface area contributed by atoms with Gasteiger partial charge in [-0.2, -0.15) is 0 Å². The van der Waals surface area contributed by atoms with Crippen LogP contribution in [0.5, 0.6) is 0 Å². The van der Waals surface area contributed by atoms with Crippen LogP contribution in [0.4, 0.5) is 15.3 Å².